The van der Waals surface area contributed by atoms with Crippen molar-refractivity contribution in [2.75, 3.05) is 39.4 Å². The second kappa shape index (κ2) is 9.27. The molecule has 4 rings (SSSR count). The molecule has 2 aliphatic rings. The van der Waals surface area contributed by atoms with Gasteiger partial charge in [-0.1, -0.05) is 17.7 Å². The number of piperazine rings is 1. The Kier molecular flexibility index (Phi) is 6.52. The van der Waals surface area contributed by atoms with E-state index in [1.54, 1.807) is 11.3 Å². The van der Waals surface area contributed by atoms with E-state index in [0.29, 0.717) is 12.2 Å². The summed E-state index contributed by atoms with van der Waals surface area (Å²) in [5.41, 5.74) is 0.684. The Morgan fingerprint density at radius 3 is 2.79 bits per heavy atom. The van der Waals surface area contributed by atoms with Crippen molar-refractivity contribution in [3.63, 3.8) is 0 Å². The smallest absolute Gasteiger partial charge is 0.254 e. The molecule has 1 aromatic carbocycles. The molecule has 150 valence electrons. The van der Waals surface area contributed by atoms with E-state index in [1.165, 1.54) is 4.88 Å². The number of nitrogens with zero attached hydrogens (tertiary/aromatic N) is 2. The zero-order valence-corrected chi connectivity index (χ0v) is 17.4. The monoisotopic (exact) mass is 420 g/mol. The first-order chi connectivity index (χ1) is 13.7. The summed E-state index contributed by atoms with van der Waals surface area (Å²) < 4.78 is 12.3. The lowest BCUT2D eigenvalue weighted by atomic mass is 10.1. The normalized spacial score (nSPS) is 20.5. The SMILES string of the molecule is O=C(c1cccc(OCC2CCCO2)c1)N1CCN(Cc2ccc(Cl)s2)CC1. The predicted octanol–water partition coefficient (Wildman–Crippen LogP) is 3.92. The fraction of sp³-hybridized carbons (Fsp3) is 0.476. The molecule has 1 amide bonds. The van der Waals surface area contributed by atoms with Crippen LogP contribution >= 0.6 is 22.9 Å². The molecule has 2 aliphatic heterocycles. The second-order valence-electron chi connectivity index (χ2n) is 7.25. The fourth-order valence-electron chi connectivity index (χ4n) is 3.63. The van der Waals surface area contributed by atoms with Crippen molar-refractivity contribution < 1.29 is 14.3 Å². The van der Waals surface area contributed by atoms with Crippen molar-refractivity contribution in [1.82, 2.24) is 9.80 Å². The maximum absolute atomic E-state index is 12.9. The average Bonchev–Trinajstić information content (AvgIpc) is 3.38. The van der Waals surface area contributed by atoms with Crippen LogP contribution in [0.5, 0.6) is 5.75 Å². The van der Waals surface area contributed by atoms with Crippen LogP contribution in [0, 0.1) is 0 Å². The van der Waals surface area contributed by atoms with Gasteiger partial charge in [-0.15, -0.1) is 11.3 Å². The van der Waals surface area contributed by atoms with Gasteiger partial charge in [-0.3, -0.25) is 9.69 Å². The van der Waals surface area contributed by atoms with Crippen LogP contribution in [0.15, 0.2) is 36.4 Å². The minimum atomic E-state index is 0.0707. The molecule has 0 bridgehead atoms. The molecule has 0 radical (unpaired) electrons. The lowest BCUT2D eigenvalue weighted by Gasteiger charge is -2.34. The number of thiophene rings is 1. The number of ether oxygens (including phenoxy) is 2. The van der Waals surface area contributed by atoms with Gasteiger partial charge < -0.3 is 14.4 Å². The first kappa shape index (κ1) is 19.7. The number of rotatable bonds is 6. The van der Waals surface area contributed by atoms with Crippen LogP contribution in [-0.2, 0) is 11.3 Å². The summed E-state index contributed by atoms with van der Waals surface area (Å²) in [5, 5.41) is 0. The lowest BCUT2D eigenvalue weighted by molar-refractivity contribution is 0.0626. The van der Waals surface area contributed by atoms with Gasteiger partial charge in [0.15, 0.2) is 0 Å². The number of carbonyl (C=O) groups excluding carboxylic acids is 1. The van der Waals surface area contributed by atoms with E-state index >= 15 is 0 Å². The highest BCUT2D eigenvalue weighted by Gasteiger charge is 2.23. The number of hydrogen-bond acceptors (Lipinski definition) is 5. The topological polar surface area (TPSA) is 42.0 Å². The Morgan fingerprint density at radius 1 is 1.21 bits per heavy atom. The van der Waals surface area contributed by atoms with E-state index in [4.69, 9.17) is 21.1 Å². The third-order valence-corrected chi connectivity index (χ3v) is 6.42. The first-order valence-electron chi connectivity index (χ1n) is 9.78. The van der Waals surface area contributed by atoms with Gasteiger partial charge in [-0.25, -0.2) is 0 Å². The number of halogens is 1. The molecule has 2 fully saturated rings. The van der Waals surface area contributed by atoms with E-state index in [2.05, 4.69) is 11.0 Å². The molecule has 0 spiro atoms. The number of hydrogen-bond donors (Lipinski definition) is 0. The minimum absolute atomic E-state index is 0.0707. The predicted molar refractivity (Wildman–Crippen MR) is 111 cm³/mol. The lowest BCUT2D eigenvalue weighted by Crippen LogP contribution is -2.48. The van der Waals surface area contributed by atoms with E-state index < -0.39 is 0 Å². The highest BCUT2D eigenvalue weighted by atomic mass is 35.5. The van der Waals surface area contributed by atoms with E-state index in [9.17, 15) is 4.79 Å². The van der Waals surface area contributed by atoms with Gasteiger partial charge >= 0.3 is 0 Å². The summed E-state index contributed by atoms with van der Waals surface area (Å²) in [7, 11) is 0. The van der Waals surface area contributed by atoms with Crippen LogP contribution in [-0.4, -0.2) is 61.2 Å². The summed E-state index contributed by atoms with van der Waals surface area (Å²) in [6.07, 6.45) is 2.31. The Labute approximate surface area is 174 Å². The Hall–Kier alpha value is -1.60. The first-order valence-corrected chi connectivity index (χ1v) is 11.0. The Balaban J connectivity index is 1.29. The van der Waals surface area contributed by atoms with Crippen molar-refractivity contribution in [2.24, 2.45) is 0 Å². The van der Waals surface area contributed by atoms with Gasteiger partial charge in [0.05, 0.1) is 10.4 Å². The molecule has 28 heavy (non-hydrogen) atoms. The molecule has 0 aliphatic carbocycles. The van der Waals surface area contributed by atoms with Gasteiger partial charge in [0, 0.05) is 49.8 Å². The van der Waals surface area contributed by atoms with E-state index in [1.807, 2.05) is 35.2 Å². The summed E-state index contributed by atoms with van der Waals surface area (Å²) in [4.78, 5) is 18.5. The van der Waals surface area contributed by atoms with Gasteiger partial charge in [0.1, 0.15) is 12.4 Å². The summed E-state index contributed by atoms with van der Waals surface area (Å²) in [6.45, 7) is 5.47. The minimum Gasteiger partial charge on any atom is -0.491 e. The van der Waals surface area contributed by atoms with Crippen molar-refractivity contribution in [3.8, 4) is 5.75 Å². The molecule has 1 atom stereocenters. The molecule has 1 aromatic heterocycles. The molecule has 7 heteroatoms. The van der Waals surface area contributed by atoms with E-state index in [-0.39, 0.29) is 12.0 Å². The fourth-order valence-corrected chi connectivity index (χ4v) is 4.76. The summed E-state index contributed by atoms with van der Waals surface area (Å²) >= 11 is 7.63. The van der Waals surface area contributed by atoms with Gasteiger partial charge in [0.2, 0.25) is 0 Å². The average molecular weight is 421 g/mol. The maximum atomic E-state index is 12.9. The quantitative estimate of drug-likeness (QED) is 0.710. The third-order valence-electron chi connectivity index (χ3n) is 5.21. The largest absolute Gasteiger partial charge is 0.491 e. The molecule has 1 unspecified atom stereocenters. The van der Waals surface area contributed by atoms with Crippen LogP contribution in [0.25, 0.3) is 0 Å². The molecular weight excluding hydrogens is 396 g/mol. The van der Waals surface area contributed by atoms with Crippen LogP contribution in [0.1, 0.15) is 28.1 Å². The van der Waals surface area contributed by atoms with Crippen LogP contribution in [0.4, 0.5) is 0 Å². The molecule has 2 aromatic rings. The Morgan fingerprint density at radius 2 is 2.07 bits per heavy atom. The number of benzene rings is 1. The van der Waals surface area contributed by atoms with Crippen molar-refractivity contribution in [2.45, 2.75) is 25.5 Å². The summed E-state index contributed by atoms with van der Waals surface area (Å²) in [6, 6.07) is 11.5. The van der Waals surface area contributed by atoms with Crippen LogP contribution in [0.2, 0.25) is 4.34 Å². The van der Waals surface area contributed by atoms with Gasteiger partial charge in [0.25, 0.3) is 5.91 Å². The Bertz CT molecular complexity index is 798. The van der Waals surface area contributed by atoms with E-state index in [0.717, 1.165) is 62.3 Å². The molecule has 3 heterocycles. The maximum Gasteiger partial charge on any atom is 0.254 e. The molecule has 0 saturated carbocycles. The number of carbonyl (C=O) groups is 1. The van der Waals surface area contributed by atoms with Crippen molar-refractivity contribution >= 4 is 28.8 Å². The van der Waals surface area contributed by atoms with Crippen LogP contribution < -0.4 is 4.74 Å². The summed E-state index contributed by atoms with van der Waals surface area (Å²) in [5.74, 6) is 0.802. The zero-order valence-electron chi connectivity index (χ0n) is 15.8. The van der Waals surface area contributed by atoms with Gasteiger partial charge in [-0.05, 0) is 43.2 Å². The van der Waals surface area contributed by atoms with Gasteiger partial charge in [-0.2, -0.15) is 0 Å². The third kappa shape index (κ3) is 5.06. The molecule has 2 saturated heterocycles. The zero-order chi connectivity index (χ0) is 19.3. The van der Waals surface area contributed by atoms with Crippen LogP contribution in [0.3, 0.4) is 0 Å². The standard InChI is InChI=1S/C21H25ClN2O3S/c22-20-7-6-19(28-20)14-23-8-10-24(11-9-23)21(25)16-3-1-4-17(13-16)27-15-18-5-2-12-26-18/h1,3-4,6-7,13,18H,2,5,8-12,14-15H2. The van der Waals surface area contributed by atoms with Crippen molar-refractivity contribution in [3.05, 3.63) is 51.2 Å². The van der Waals surface area contributed by atoms with Crippen molar-refractivity contribution in [1.29, 1.82) is 0 Å². The second-order valence-corrected chi connectivity index (χ2v) is 9.05. The highest BCUT2D eigenvalue weighted by molar-refractivity contribution is 7.16. The molecule has 5 nitrogen and oxygen atoms in total. The highest BCUT2D eigenvalue weighted by Crippen LogP contribution is 2.23. The molecular formula is C21H25ClN2O3S. The molecule has 0 N–H and O–H groups in total. The number of amides is 1.